The summed E-state index contributed by atoms with van der Waals surface area (Å²) < 4.78 is 54.3. The summed E-state index contributed by atoms with van der Waals surface area (Å²) in [7, 11) is -4.60. The number of hydrogen-bond acceptors (Lipinski definition) is 11. The molecule has 0 radical (unpaired) electrons. The number of carbonyl (C=O) groups is 2. The van der Waals surface area contributed by atoms with E-state index in [0.717, 1.165) is 38.5 Å². The highest BCUT2D eigenvalue weighted by atomic mass is 32.2. The predicted molar refractivity (Wildman–Crippen MR) is 257 cm³/mol. The van der Waals surface area contributed by atoms with Crippen molar-refractivity contribution in [2.75, 3.05) is 19.0 Å². The molecule has 1 heterocycles. The number of carbonyl (C=O) groups excluding carboxylic acids is 2. The third kappa shape index (κ3) is 35.8. The highest BCUT2D eigenvalue weighted by molar-refractivity contribution is 7.85. The van der Waals surface area contributed by atoms with Gasteiger partial charge in [0.15, 0.2) is 12.4 Å². The van der Waals surface area contributed by atoms with Crippen molar-refractivity contribution in [2.24, 2.45) is 0 Å². The van der Waals surface area contributed by atoms with Crippen molar-refractivity contribution in [2.45, 2.75) is 295 Å². The van der Waals surface area contributed by atoms with Crippen molar-refractivity contribution in [3.05, 3.63) is 0 Å². The maximum Gasteiger partial charge on any atom is 0.306 e. The maximum atomic E-state index is 12.9. The van der Waals surface area contributed by atoms with Crippen LogP contribution in [0.3, 0.4) is 0 Å². The van der Waals surface area contributed by atoms with Gasteiger partial charge in [-0.25, -0.2) is 0 Å². The topological polar surface area (TPSA) is 186 Å². The Hall–Kier alpha value is -1.35. The van der Waals surface area contributed by atoms with Crippen LogP contribution in [0.25, 0.3) is 0 Å². The number of rotatable bonds is 46. The third-order valence-corrected chi connectivity index (χ3v) is 13.4. The van der Waals surface area contributed by atoms with Gasteiger partial charge >= 0.3 is 11.9 Å². The molecule has 0 amide bonds. The molecule has 0 aromatic heterocycles. The Labute approximate surface area is 391 Å². The first-order valence-corrected chi connectivity index (χ1v) is 28.2. The lowest BCUT2D eigenvalue weighted by Crippen LogP contribution is -2.60. The first kappa shape index (κ1) is 60.7. The lowest BCUT2D eigenvalue weighted by molar-refractivity contribution is -0.297. The van der Waals surface area contributed by atoms with Gasteiger partial charge in [-0.2, -0.15) is 8.42 Å². The van der Waals surface area contributed by atoms with E-state index in [1.165, 1.54) is 180 Å². The van der Waals surface area contributed by atoms with Crippen molar-refractivity contribution in [1.29, 1.82) is 0 Å². The summed E-state index contributed by atoms with van der Waals surface area (Å²) in [6.07, 6.45) is 35.7. The SMILES string of the molecule is CCCCCCCCCCCCCCCCCCCCCC(=O)O[C@H](COC(=O)CCCCCCCCCCCCCCCCCCC)CO[C@H]1O[C@H](CS(=O)(=O)O)[C@@H](O)C(O)C1O. The zero-order valence-electron chi connectivity index (χ0n) is 40.9. The highest BCUT2D eigenvalue weighted by Gasteiger charge is 2.46. The van der Waals surface area contributed by atoms with E-state index in [1.54, 1.807) is 0 Å². The van der Waals surface area contributed by atoms with Crippen molar-refractivity contribution in [3.8, 4) is 0 Å². The molecule has 13 heteroatoms. The molecule has 0 aromatic carbocycles. The summed E-state index contributed by atoms with van der Waals surface area (Å²) in [4.78, 5) is 25.5. The van der Waals surface area contributed by atoms with Crippen molar-refractivity contribution in [1.82, 2.24) is 0 Å². The minimum atomic E-state index is -4.60. The van der Waals surface area contributed by atoms with Gasteiger partial charge in [-0.05, 0) is 12.8 Å². The summed E-state index contributed by atoms with van der Waals surface area (Å²) in [5.41, 5.74) is 0. The highest BCUT2D eigenvalue weighted by Crippen LogP contribution is 2.24. The Morgan fingerprint density at radius 1 is 0.469 bits per heavy atom. The minimum Gasteiger partial charge on any atom is -0.462 e. The Morgan fingerprint density at radius 2 is 0.797 bits per heavy atom. The second-order valence-corrected chi connectivity index (χ2v) is 20.4. The molecule has 4 N–H and O–H groups in total. The van der Waals surface area contributed by atoms with Gasteiger partial charge in [-0.3, -0.25) is 14.1 Å². The minimum absolute atomic E-state index is 0.173. The predicted octanol–water partition coefficient (Wildman–Crippen LogP) is 12.0. The lowest BCUT2D eigenvalue weighted by Gasteiger charge is -2.40. The van der Waals surface area contributed by atoms with E-state index in [0.29, 0.717) is 12.8 Å². The molecule has 1 fully saturated rings. The van der Waals surface area contributed by atoms with Gasteiger partial charge in [-0.1, -0.05) is 232 Å². The molecular weight excluding hydrogens is 837 g/mol. The Bertz CT molecular complexity index is 1190. The Balaban J connectivity index is 2.34. The van der Waals surface area contributed by atoms with Gasteiger partial charge in [0.1, 0.15) is 36.8 Å². The van der Waals surface area contributed by atoms with Gasteiger partial charge in [0.2, 0.25) is 0 Å². The molecule has 1 rings (SSSR count). The van der Waals surface area contributed by atoms with E-state index in [4.69, 9.17) is 18.9 Å². The molecule has 0 bridgehead atoms. The molecule has 1 aliphatic rings. The van der Waals surface area contributed by atoms with E-state index >= 15 is 0 Å². The van der Waals surface area contributed by atoms with E-state index in [-0.39, 0.29) is 19.4 Å². The second kappa shape index (κ2) is 41.8. The molecule has 1 aliphatic heterocycles. The van der Waals surface area contributed by atoms with Crippen molar-refractivity contribution in [3.63, 3.8) is 0 Å². The Kier molecular flexibility index (Phi) is 39.6. The van der Waals surface area contributed by atoms with Crippen LogP contribution in [0.1, 0.15) is 258 Å². The number of ether oxygens (including phenoxy) is 4. The third-order valence-electron chi connectivity index (χ3n) is 12.7. The summed E-state index contributed by atoms with van der Waals surface area (Å²) in [5.74, 6) is -1.96. The van der Waals surface area contributed by atoms with Crippen LogP contribution in [0.5, 0.6) is 0 Å². The molecule has 0 aromatic rings. The molecule has 0 spiro atoms. The second-order valence-electron chi connectivity index (χ2n) is 18.9. The zero-order chi connectivity index (χ0) is 46.9. The van der Waals surface area contributed by atoms with Crippen LogP contribution in [-0.2, 0) is 38.7 Å². The van der Waals surface area contributed by atoms with E-state index in [2.05, 4.69) is 13.8 Å². The fourth-order valence-corrected chi connectivity index (χ4v) is 9.25. The van der Waals surface area contributed by atoms with Gasteiger partial charge in [0.25, 0.3) is 10.1 Å². The standard InChI is InChI=1S/C51H98O12S/c1-3-5-7-9-11-13-15-17-19-21-22-24-26-28-30-32-34-36-38-40-47(53)62-44(42-61-51-50(56)49(55)48(54)45(63-51)43-64(57,58)59)41-60-46(52)39-37-35-33-31-29-27-25-23-20-18-16-14-12-10-8-6-4-2/h44-45,48-51,54-56H,3-43H2,1-2H3,(H,57,58,59)/t44-,45-,48-,49?,50?,51+/m1/s1. The van der Waals surface area contributed by atoms with E-state index in [9.17, 15) is 37.9 Å². The van der Waals surface area contributed by atoms with Gasteiger partial charge in [0.05, 0.1) is 6.61 Å². The van der Waals surface area contributed by atoms with Gasteiger partial charge in [0, 0.05) is 12.8 Å². The molecule has 380 valence electrons. The number of unbranched alkanes of at least 4 members (excludes halogenated alkanes) is 34. The summed E-state index contributed by atoms with van der Waals surface area (Å²) in [6.45, 7) is 3.82. The van der Waals surface area contributed by atoms with E-state index in [1.807, 2.05) is 0 Å². The number of hydrogen-bond donors (Lipinski definition) is 4. The monoisotopic (exact) mass is 935 g/mol. The van der Waals surface area contributed by atoms with E-state index < -0.39 is 71.2 Å². The van der Waals surface area contributed by atoms with Crippen LogP contribution in [0.4, 0.5) is 0 Å². The van der Waals surface area contributed by atoms with Crippen molar-refractivity contribution >= 4 is 22.1 Å². The number of aliphatic hydroxyl groups excluding tert-OH is 3. The molecule has 1 saturated heterocycles. The van der Waals surface area contributed by atoms with Gasteiger partial charge in [-0.15, -0.1) is 0 Å². The van der Waals surface area contributed by atoms with Crippen LogP contribution < -0.4 is 0 Å². The molecule has 2 unspecified atom stereocenters. The quantitative estimate of drug-likeness (QED) is 0.0257. The normalized spacial score (nSPS) is 19.5. The molecule has 0 saturated carbocycles. The zero-order valence-corrected chi connectivity index (χ0v) is 41.7. The summed E-state index contributed by atoms with van der Waals surface area (Å²) in [6, 6.07) is 0. The molecule has 12 nitrogen and oxygen atoms in total. The van der Waals surface area contributed by atoms with Crippen LogP contribution in [0, 0.1) is 0 Å². The van der Waals surface area contributed by atoms with Crippen molar-refractivity contribution < 1.29 is 56.8 Å². The fourth-order valence-electron chi connectivity index (χ4n) is 8.56. The first-order chi connectivity index (χ1) is 31.0. The van der Waals surface area contributed by atoms with Crippen LogP contribution in [-0.4, -0.2) is 96.0 Å². The molecule has 6 atom stereocenters. The lowest BCUT2D eigenvalue weighted by atomic mass is 10.00. The average molecular weight is 935 g/mol. The molecule has 64 heavy (non-hydrogen) atoms. The van der Waals surface area contributed by atoms with Crippen LogP contribution in [0.15, 0.2) is 0 Å². The number of esters is 2. The fraction of sp³-hybridized carbons (Fsp3) is 0.961. The average Bonchev–Trinajstić information content (AvgIpc) is 3.26. The first-order valence-electron chi connectivity index (χ1n) is 26.6. The largest absolute Gasteiger partial charge is 0.462 e. The maximum absolute atomic E-state index is 12.9. The van der Waals surface area contributed by atoms with Crippen LogP contribution in [0.2, 0.25) is 0 Å². The van der Waals surface area contributed by atoms with Crippen LogP contribution >= 0.6 is 0 Å². The summed E-state index contributed by atoms with van der Waals surface area (Å²) >= 11 is 0. The smallest absolute Gasteiger partial charge is 0.306 e. The number of aliphatic hydroxyl groups is 3. The summed E-state index contributed by atoms with van der Waals surface area (Å²) in [5, 5.41) is 31.0. The molecule has 0 aliphatic carbocycles. The Morgan fingerprint density at radius 3 is 1.14 bits per heavy atom. The van der Waals surface area contributed by atoms with Gasteiger partial charge < -0.3 is 34.3 Å². The molecular formula is C51H98O12S.